The highest BCUT2D eigenvalue weighted by Gasteiger charge is 2.46. The van der Waals surface area contributed by atoms with E-state index in [4.69, 9.17) is 11.6 Å². The minimum absolute atomic E-state index is 0.0413. The predicted octanol–water partition coefficient (Wildman–Crippen LogP) is 5.74. The number of nitrogens with one attached hydrogen (secondary N) is 2. The van der Waals surface area contributed by atoms with Gasteiger partial charge in [-0.25, -0.2) is 9.18 Å². The SMILES string of the molecule is CNC(=O)c1ccc(-c2cccc3c2CC(C)(C)N(C(=O)C=Cc2c(-n4cnnn4)ccc(Cl)c2F)C3C(=O)Nc2ccc(C(=O)O)cc2)cc1. The van der Waals surface area contributed by atoms with Crippen LogP contribution in [0, 0.1) is 5.82 Å². The summed E-state index contributed by atoms with van der Waals surface area (Å²) in [6, 6.07) is 19.9. The second-order valence-corrected chi connectivity index (χ2v) is 12.8. The number of nitrogens with zero attached hydrogens (tertiary/aromatic N) is 5. The quantitative estimate of drug-likeness (QED) is 0.172. The first-order valence-electron chi connectivity index (χ1n) is 15.7. The van der Waals surface area contributed by atoms with E-state index in [-0.39, 0.29) is 27.7 Å². The second kappa shape index (κ2) is 14.0. The summed E-state index contributed by atoms with van der Waals surface area (Å²) in [5.41, 5.74) is 3.10. The average molecular weight is 708 g/mol. The van der Waals surface area contributed by atoms with Crippen LogP contribution in [0.3, 0.4) is 0 Å². The van der Waals surface area contributed by atoms with E-state index in [0.717, 1.165) is 16.7 Å². The predicted molar refractivity (Wildman–Crippen MR) is 188 cm³/mol. The van der Waals surface area contributed by atoms with E-state index in [9.17, 15) is 24.3 Å². The highest BCUT2D eigenvalue weighted by Crippen LogP contribution is 2.43. The van der Waals surface area contributed by atoms with Crippen LogP contribution in [0.1, 0.15) is 57.3 Å². The Kier molecular flexibility index (Phi) is 9.48. The number of carbonyl (C=O) groups excluding carboxylic acids is 3. The molecule has 0 fully saturated rings. The molecule has 1 aliphatic heterocycles. The molecular weight excluding hydrogens is 677 g/mol. The van der Waals surface area contributed by atoms with Crippen LogP contribution >= 0.6 is 11.6 Å². The van der Waals surface area contributed by atoms with Crippen molar-refractivity contribution in [1.29, 1.82) is 0 Å². The van der Waals surface area contributed by atoms with Crippen molar-refractivity contribution < 1.29 is 28.7 Å². The third kappa shape index (κ3) is 6.83. The van der Waals surface area contributed by atoms with Crippen LogP contribution < -0.4 is 10.6 Å². The zero-order valence-corrected chi connectivity index (χ0v) is 28.4. The number of tetrazole rings is 1. The van der Waals surface area contributed by atoms with Gasteiger partial charge in [0.15, 0.2) is 5.82 Å². The summed E-state index contributed by atoms with van der Waals surface area (Å²) < 4.78 is 16.6. The molecular formula is C37H31ClFN7O5. The third-order valence-corrected chi connectivity index (χ3v) is 8.99. The Hall–Kier alpha value is -6.21. The van der Waals surface area contributed by atoms with Crippen LogP contribution in [0.25, 0.3) is 22.9 Å². The molecule has 1 aliphatic rings. The molecule has 0 bridgehead atoms. The zero-order chi connectivity index (χ0) is 36.4. The van der Waals surface area contributed by atoms with Gasteiger partial charge < -0.3 is 20.6 Å². The van der Waals surface area contributed by atoms with Gasteiger partial charge in [0.2, 0.25) is 5.91 Å². The fraction of sp³-hybridized carbons (Fsp3) is 0.162. The van der Waals surface area contributed by atoms with Crippen molar-refractivity contribution in [3.05, 3.63) is 130 Å². The van der Waals surface area contributed by atoms with Crippen molar-refractivity contribution >= 4 is 47.1 Å². The van der Waals surface area contributed by atoms with E-state index in [1.807, 2.05) is 32.0 Å². The van der Waals surface area contributed by atoms with Gasteiger partial charge in [-0.15, -0.1) is 5.10 Å². The standard InChI is InChI=1S/C37H31ClFN7O5/c1-37(2)19-28-25(21-7-9-22(10-8-21)34(48)40-3)5-4-6-26(28)33(35(49)42-24-13-11-23(12-14-24)36(50)51)46(37)31(47)18-15-27-30(45-20-41-43-44-45)17-16-29(38)32(27)39/h4-18,20,33H,19H2,1-3H3,(H,40,48)(H,42,49)(H,50,51). The Balaban J connectivity index is 1.44. The van der Waals surface area contributed by atoms with Crippen LogP contribution in [0.15, 0.2) is 91.3 Å². The van der Waals surface area contributed by atoms with Gasteiger partial charge in [-0.3, -0.25) is 14.4 Å². The molecule has 3 N–H and O–H groups in total. The number of rotatable bonds is 8. The highest BCUT2D eigenvalue weighted by molar-refractivity contribution is 6.31. The number of aromatic nitrogens is 4. The summed E-state index contributed by atoms with van der Waals surface area (Å²) in [5, 5.41) is 25.7. The summed E-state index contributed by atoms with van der Waals surface area (Å²) in [4.78, 5) is 53.7. The normalized spacial score (nSPS) is 14.9. The fourth-order valence-electron chi connectivity index (χ4n) is 6.29. The lowest BCUT2D eigenvalue weighted by molar-refractivity contribution is -0.142. The van der Waals surface area contributed by atoms with Crippen LogP contribution in [-0.2, 0) is 16.0 Å². The van der Waals surface area contributed by atoms with E-state index < -0.39 is 35.2 Å². The minimum atomic E-state index is -1.17. The smallest absolute Gasteiger partial charge is 0.335 e. The maximum absolute atomic E-state index is 15.4. The number of carboxylic acids is 1. The maximum Gasteiger partial charge on any atom is 0.335 e. The Morgan fingerprint density at radius 1 is 0.980 bits per heavy atom. The Morgan fingerprint density at radius 3 is 2.33 bits per heavy atom. The lowest BCUT2D eigenvalue weighted by Gasteiger charge is -2.48. The van der Waals surface area contributed by atoms with E-state index >= 15 is 4.39 Å². The molecule has 5 aromatic rings. The number of benzene rings is 4. The number of aromatic carboxylic acids is 1. The molecule has 12 nitrogen and oxygen atoms in total. The highest BCUT2D eigenvalue weighted by atomic mass is 35.5. The maximum atomic E-state index is 15.4. The van der Waals surface area contributed by atoms with Crippen LogP contribution in [0.5, 0.6) is 0 Å². The first-order chi connectivity index (χ1) is 24.4. The molecule has 0 saturated heterocycles. The van der Waals surface area contributed by atoms with Crippen molar-refractivity contribution in [2.45, 2.75) is 31.8 Å². The summed E-state index contributed by atoms with van der Waals surface area (Å²) in [7, 11) is 1.55. The van der Waals surface area contributed by atoms with E-state index in [1.54, 1.807) is 31.3 Å². The Labute approximate surface area is 296 Å². The summed E-state index contributed by atoms with van der Waals surface area (Å²) in [5.74, 6) is -3.27. The molecule has 0 radical (unpaired) electrons. The molecule has 1 aromatic heterocycles. The van der Waals surface area contributed by atoms with Crippen molar-refractivity contribution in [3.63, 3.8) is 0 Å². The van der Waals surface area contributed by atoms with Gasteiger partial charge in [-0.1, -0.05) is 41.9 Å². The molecule has 6 rings (SSSR count). The number of hydrogen-bond donors (Lipinski definition) is 3. The first-order valence-corrected chi connectivity index (χ1v) is 16.1. The average Bonchev–Trinajstić information content (AvgIpc) is 3.66. The van der Waals surface area contributed by atoms with Gasteiger partial charge in [0, 0.05) is 35.5 Å². The van der Waals surface area contributed by atoms with Crippen LogP contribution in [-0.4, -0.2) is 66.5 Å². The van der Waals surface area contributed by atoms with E-state index in [1.165, 1.54) is 64.5 Å². The molecule has 14 heteroatoms. The lowest BCUT2D eigenvalue weighted by Crippen LogP contribution is -2.56. The lowest BCUT2D eigenvalue weighted by atomic mass is 9.77. The molecule has 3 amide bonds. The molecule has 0 saturated carbocycles. The summed E-state index contributed by atoms with van der Waals surface area (Å²) in [6.45, 7) is 3.67. The number of hydrogen-bond acceptors (Lipinski definition) is 7. The van der Waals surface area contributed by atoms with E-state index in [2.05, 4.69) is 26.2 Å². The van der Waals surface area contributed by atoms with Gasteiger partial charge in [0.05, 0.1) is 16.3 Å². The molecule has 0 spiro atoms. The molecule has 51 heavy (non-hydrogen) atoms. The number of fused-ring (bicyclic) bond motifs is 1. The Morgan fingerprint density at radius 2 is 1.69 bits per heavy atom. The molecule has 0 aliphatic carbocycles. The van der Waals surface area contributed by atoms with E-state index in [0.29, 0.717) is 23.2 Å². The second-order valence-electron chi connectivity index (χ2n) is 12.4. The van der Waals surface area contributed by atoms with Crippen molar-refractivity contribution in [2.75, 3.05) is 12.4 Å². The summed E-state index contributed by atoms with van der Waals surface area (Å²) >= 11 is 6.11. The zero-order valence-electron chi connectivity index (χ0n) is 27.6. The fourth-order valence-corrected chi connectivity index (χ4v) is 6.46. The minimum Gasteiger partial charge on any atom is -0.478 e. The van der Waals surface area contributed by atoms with Gasteiger partial charge in [-0.2, -0.15) is 4.68 Å². The Bertz CT molecular complexity index is 2190. The van der Waals surface area contributed by atoms with Gasteiger partial charge in [0.1, 0.15) is 12.4 Å². The summed E-state index contributed by atoms with van der Waals surface area (Å²) in [6.07, 6.45) is 4.07. The third-order valence-electron chi connectivity index (χ3n) is 8.69. The van der Waals surface area contributed by atoms with Crippen molar-refractivity contribution in [3.8, 4) is 16.8 Å². The topological polar surface area (TPSA) is 159 Å². The van der Waals surface area contributed by atoms with Gasteiger partial charge in [-0.05, 0) is 108 Å². The molecule has 258 valence electrons. The molecule has 1 unspecified atom stereocenters. The van der Waals surface area contributed by atoms with Gasteiger partial charge in [0.25, 0.3) is 11.8 Å². The number of amides is 3. The van der Waals surface area contributed by atoms with Crippen molar-refractivity contribution in [2.24, 2.45) is 0 Å². The molecule has 1 atom stereocenters. The number of carboxylic acid groups (broad SMARTS) is 1. The monoisotopic (exact) mass is 707 g/mol. The number of anilines is 1. The van der Waals surface area contributed by atoms with Gasteiger partial charge >= 0.3 is 5.97 Å². The van der Waals surface area contributed by atoms with Crippen LogP contribution in [0.2, 0.25) is 5.02 Å². The number of halogens is 2. The molecule has 2 heterocycles. The van der Waals surface area contributed by atoms with Crippen molar-refractivity contribution in [1.82, 2.24) is 30.4 Å². The van der Waals surface area contributed by atoms with Crippen LogP contribution in [0.4, 0.5) is 10.1 Å². The first kappa shape index (κ1) is 34.6. The largest absolute Gasteiger partial charge is 0.478 e. The number of carbonyl (C=O) groups is 4. The molecule has 4 aromatic carbocycles.